The van der Waals surface area contributed by atoms with Crippen LogP contribution in [0.5, 0.6) is 0 Å². The second kappa shape index (κ2) is 14.1. The lowest BCUT2D eigenvalue weighted by Crippen LogP contribution is -2.43. The average Bonchev–Trinajstić information content (AvgIpc) is 3.56. The molecular weight excluding hydrogens is 598 g/mol. The number of hydrogen-bond acceptors (Lipinski definition) is 7. The molecule has 1 aromatic carbocycles. The average molecular weight is 642 g/mol. The van der Waals surface area contributed by atoms with E-state index in [2.05, 4.69) is 9.88 Å². The summed E-state index contributed by atoms with van der Waals surface area (Å²) in [4.78, 5) is 51.2. The van der Waals surface area contributed by atoms with Gasteiger partial charge >= 0.3 is 6.09 Å². The summed E-state index contributed by atoms with van der Waals surface area (Å²) in [6.45, 7) is 13.5. The minimum absolute atomic E-state index is 0.0551. The van der Waals surface area contributed by atoms with Crippen LogP contribution < -0.4 is 4.90 Å². The van der Waals surface area contributed by atoms with E-state index in [0.29, 0.717) is 49.3 Å². The van der Waals surface area contributed by atoms with Gasteiger partial charge in [0, 0.05) is 76.3 Å². The van der Waals surface area contributed by atoms with Crippen LogP contribution in [0, 0.1) is 32.6 Å². The highest BCUT2D eigenvalue weighted by molar-refractivity contribution is 7.98. The van der Waals surface area contributed by atoms with Gasteiger partial charge < -0.3 is 19.4 Å². The fourth-order valence-electron chi connectivity index (χ4n) is 6.84. The van der Waals surface area contributed by atoms with Crippen molar-refractivity contribution in [2.24, 2.45) is 11.8 Å². The number of carbonyl (C=O) groups excluding carboxylic acids is 3. The number of piperidine rings is 1. The topological polar surface area (TPSA) is 86.3 Å². The normalized spacial score (nSPS) is 20.6. The van der Waals surface area contributed by atoms with Gasteiger partial charge in [-0.1, -0.05) is 17.7 Å². The number of likely N-dealkylation sites (tertiary alicyclic amines) is 3. The highest BCUT2D eigenvalue weighted by Crippen LogP contribution is 2.33. The van der Waals surface area contributed by atoms with Crippen LogP contribution in [0.4, 0.5) is 10.5 Å². The Labute approximate surface area is 270 Å². The number of thioether (sulfide) groups is 1. The Balaban J connectivity index is 1.15. The number of benzene rings is 1. The van der Waals surface area contributed by atoms with E-state index in [1.807, 2.05) is 56.2 Å². The van der Waals surface area contributed by atoms with Gasteiger partial charge in [0.05, 0.1) is 16.3 Å². The van der Waals surface area contributed by atoms with Crippen LogP contribution in [-0.4, -0.2) is 102 Å². The minimum atomic E-state index is -0.371. The second-order valence-corrected chi connectivity index (χ2v) is 13.7. The molecule has 0 bridgehead atoms. The Hall–Kier alpha value is -2.82. The van der Waals surface area contributed by atoms with E-state index >= 15 is 0 Å². The maximum Gasteiger partial charge on any atom is 0.414 e. The van der Waals surface area contributed by atoms with Gasteiger partial charge in [0.15, 0.2) is 0 Å². The van der Waals surface area contributed by atoms with Crippen LogP contribution in [0.1, 0.15) is 53.4 Å². The van der Waals surface area contributed by atoms with Crippen LogP contribution >= 0.6 is 23.4 Å². The first-order chi connectivity index (χ1) is 21.0. The lowest BCUT2D eigenvalue weighted by molar-refractivity contribution is -0.130. The Kier molecular flexibility index (Phi) is 10.4. The lowest BCUT2D eigenvalue weighted by Gasteiger charge is -2.32. The molecule has 2 unspecified atom stereocenters. The second-order valence-electron chi connectivity index (χ2n) is 12.5. The summed E-state index contributed by atoms with van der Waals surface area (Å²) in [5, 5.41) is 1.56. The predicted octanol–water partition coefficient (Wildman–Crippen LogP) is 5.43. The molecule has 0 radical (unpaired) electrons. The van der Waals surface area contributed by atoms with Crippen molar-refractivity contribution < 1.29 is 19.1 Å². The van der Waals surface area contributed by atoms with Crippen molar-refractivity contribution in [2.75, 3.05) is 63.5 Å². The minimum Gasteiger partial charge on any atom is -0.446 e. The first-order valence-electron chi connectivity index (χ1n) is 15.6. The number of amides is 3. The predicted molar refractivity (Wildman–Crippen MR) is 175 cm³/mol. The largest absolute Gasteiger partial charge is 0.446 e. The molecule has 0 aliphatic carbocycles. The smallest absolute Gasteiger partial charge is 0.414 e. The van der Waals surface area contributed by atoms with Gasteiger partial charge in [0.2, 0.25) is 5.91 Å². The Morgan fingerprint density at radius 2 is 1.68 bits per heavy atom. The number of aryl methyl sites for hydroxylation is 3. The van der Waals surface area contributed by atoms with Gasteiger partial charge in [-0.3, -0.25) is 14.5 Å². The molecular formula is C33H44ClN5O4S. The molecule has 11 heteroatoms. The summed E-state index contributed by atoms with van der Waals surface area (Å²) >= 11 is 8.03. The highest BCUT2D eigenvalue weighted by Gasteiger charge is 2.42. The summed E-state index contributed by atoms with van der Waals surface area (Å²) < 4.78 is 5.94. The third kappa shape index (κ3) is 7.35. The molecule has 2 aromatic rings. The van der Waals surface area contributed by atoms with Gasteiger partial charge in [0.1, 0.15) is 6.10 Å². The van der Waals surface area contributed by atoms with E-state index in [1.54, 1.807) is 28.5 Å². The van der Waals surface area contributed by atoms with Crippen molar-refractivity contribution >= 4 is 47.0 Å². The zero-order valence-corrected chi connectivity index (χ0v) is 28.0. The van der Waals surface area contributed by atoms with Gasteiger partial charge in [-0.15, -0.1) is 11.8 Å². The number of rotatable bonds is 8. The monoisotopic (exact) mass is 641 g/mol. The lowest BCUT2D eigenvalue weighted by atomic mass is 10.0. The first kappa shape index (κ1) is 32.6. The molecule has 238 valence electrons. The van der Waals surface area contributed by atoms with E-state index in [0.717, 1.165) is 72.2 Å². The molecule has 3 aliphatic rings. The molecule has 0 saturated carbocycles. The van der Waals surface area contributed by atoms with Crippen molar-refractivity contribution in [3.05, 3.63) is 51.7 Å². The van der Waals surface area contributed by atoms with E-state index in [4.69, 9.17) is 16.3 Å². The Morgan fingerprint density at radius 3 is 2.27 bits per heavy atom. The standard InChI is InChI=1S/C33H44ClN5O4S/c1-21-7-8-27(16-29(21)34)39(33(42)43-28-9-13-37(14-10-28)24(4)40)12-6-11-36-17-25-19-38(20-26(25)18-36)32(41)31-22(2)15-30(44-5)35-23(31)3/h7-8,15-16,25-26,28H,6,9-14,17-20H2,1-5H3. The van der Waals surface area contributed by atoms with Crippen molar-refractivity contribution in [3.63, 3.8) is 0 Å². The molecule has 44 heavy (non-hydrogen) atoms. The van der Waals surface area contributed by atoms with Crippen LogP contribution in [-0.2, 0) is 9.53 Å². The molecule has 0 N–H and O–H groups in total. The van der Waals surface area contributed by atoms with Crippen LogP contribution in [0.3, 0.4) is 0 Å². The third-order valence-corrected chi connectivity index (χ3v) is 10.4. The Bertz CT molecular complexity index is 1360. The number of anilines is 1. The molecule has 1 aromatic heterocycles. The summed E-state index contributed by atoms with van der Waals surface area (Å²) in [5.74, 6) is 1.06. The molecule has 5 rings (SSSR count). The summed E-state index contributed by atoms with van der Waals surface area (Å²) in [7, 11) is 0. The highest BCUT2D eigenvalue weighted by atomic mass is 35.5. The quantitative estimate of drug-likeness (QED) is 0.355. The summed E-state index contributed by atoms with van der Waals surface area (Å²) in [6.07, 6.45) is 3.49. The van der Waals surface area contributed by atoms with Crippen molar-refractivity contribution in [3.8, 4) is 0 Å². The third-order valence-electron chi connectivity index (χ3n) is 9.34. The van der Waals surface area contributed by atoms with Crippen LogP contribution in [0.25, 0.3) is 0 Å². The number of nitrogens with zero attached hydrogens (tertiary/aromatic N) is 5. The van der Waals surface area contributed by atoms with Gasteiger partial charge in [-0.05, 0) is 81.2 Å². The van der Waals surface area contributed by atoms with Crippen molar-refractivity contribution in [1.82, 2.24) is 19.7 Å². The fourth-order valence-corrected chi connectivity index (χ4v) is 7.54. The number of hydrogen-bond donors (Lipinski definition) is 0. The molecule has 0 spiro atoms. The number of halogens is 1. The number of carbonyl (C=O) groups is 3. The molecule has 2 atom stereocenters. The number of pyridine rings is 1. The molecule has 3 saturated heterocycles. The molecule has 4 heterocycles. The van der Waals surface area contributed by atoms with E-state index in [1.165, 1.54) is 0 Å². The van der Waals surface area contributed by atoms with E-state index in [9.17, 15) is 14.4 Å². The number of aromatic nitrogens is 1. The zero-order valence-electron chi connectivity index (χ0n) is 26.5. The molecule has 3 amide bonds. The first-order valence-corrected chi connectivity index (χ1v) is 17.2. The summed E-state index contributed by atoms with van der Waals surface area (Å²) in [6, 6.07) is 7.68. The van der Waals surface area contributed by atoms with Crippen LogP contribution in [0.2, 0.25) is 5.02 Å². The zero-order chi connectivity index (χ0) is 31.5. The van der Waals surface area contributed by atoms with Gasteiger partial charge in [-0.25, -0.2) is 9.78 Å². The SMILES string of the molecule is CSc1cc(C)c(C(=O)N2CC3CN(CCCN(C(=O)OC4CCN(C(C)=O)CC4)c4ccc(C)c(Cl)c4)CC3C2)c(C)n1. The Morgan fingerprint density at radius 1 is 1.00 bits per heavy atom. The van der Waals surface area contributed by atoms with Crippen molar-refractivity contribution in [2.45, 2.75) is 58.1 Å². The maximum absolute atomic E-state index is 13.5. The van der Waals surface area contributed by atoms with E-state index in [-0.39, 0.29) is 24.0 Å². The van der Waals surface area contributed by atoms with Crippen LogP contribution in [0.15, 0.2) is 29.3 Å². The summed E-state index contributed by atoms with van der Waals surface area (Å²) in [5.41, 5.74) is 4.22. The van der Waals surface area contributed by atoms with Gasteiger partial charge in [0.25, 0.3) is 5.91 Å². The van der Waals surface area contributed by atoms with E-state index < -0.39 is 0 Å². The maximum atomic E-state index is 13.5. The van der Waals surface area contributed by atoms with Crippen molar-refractivity contribution in [1.29, 1.82) is 0 Å². The molecule has 3 fully saturated rings. The number of ether oxygens (including phenoxy) is 1. The number of fused-ring (bicyclic) bond motifs is 1. The molecule has 9 nitrogen and oxygen atoms in total. The fraction of sp³-hybridized carbons (Fsp3) is 0.576. The van der Waals surface area contributed by atoms with Gasteiger partial charge in [-0.2, -0.15) is 0 Å². The molecule has 3 aliphatic heterocycles.